The predicted molar refractivity (Wildman–Crippen MR) is 133 cm³/mol. The second-order valence-electron chi connectivity index (χ2n) is 8.34. The van der Waals surface area contributed by atoms with Gasteiger partial charge in [-0.05, 0) is 37.6 Å². The average Bonchev–Trinajstić information content (AvgIpc) is 3.10. The number of rotatable bonds is 11. The fourth-order valence-corrected chi connectivity index (χ4v) is 4.78. The molecule has 1 aliphatic heterocycles. The first-order valence-corrected chi connectivity index (χ1v) is 12.8. The van der Waals surface area contributed by atoms with Crippen molar-refractivity contribution >= 4 is 27.4 Å². The van der Waals surface area contributed by atoms with Crippen molar-refractivity contribution in [3.8, 4) is 17.2 Å². The van der Waals surface area contributed by atoms with Crippen molar-refractivity contribution in [3.63, 3.8) is 0 Å². The van der Waals surface area contributed by atoms with Crippen LogP contribution in [0.25, 0.3) is 0 Å². The molecule has 0 aromatic heterocycles. The summed E-state index contributed by atoms with van der Waals surface area (Å²) >= 11 is 0. The molecule has 0 radical (unpaired) electrons. The molecule has 1 heterocycles. The molecule has 0 fully saturated rings. The van der Waals surface area contributed by atoms with Gasteiger partial charge in [-0.3, -0.25) is 14.8 Å². The van der Waals surface area contributed by atoms with Crippen LogP contribution in [0.5, 0.6) is 17.2 Å². The first-order valence-electron chi connectivity index (χ1n) is 11.2. The maximum Gasteiger partial charge on any atom is 0.269 e. The van der Waals surface area contributed by atoms with Gasteiger partial charge in [0.2, 0.25) is 0 Å². The molecule has 10 nitrogen and oxygen atoms in total. The molecule has 0 saturated heterocycles. The van der Waals surface area contributed by atoms with E-state index >= 15 is 4.39 Å². The zero-order chi connectivity index (χ0) is 26.8. The number of ether oxygens (including phenoxy) is 3. The molecule has 0 saturated carbocycles. The van der Waals surface area contributed by atoms with Crippen LogP contribution in [-0.2, 0) is 22.4 Å². The number of anilines is 1. The number of benzene rings is 2. The van der Waals surface area contributed by atoms with Gasteiger partial charge in [0.1, 0.15) is 17.3 Å². The number of nitrogens with zero attached hydrogens (tertiary/aromatic N) is 2. The Morgan fingerprint density at radius 2 is 1.83 bits per heavy atom. The zero-order valence-corrected chi connectivity index (χ0v) is 21.7. The van der Waals surface area contributed by atoms with Crippen molar-refractivity contribution in [1.29, 1.82) is 5.41 Å². The number of fused-ring (bicyclic) bond motifs is 1. The van der Waals surface area contributed by atoms with Gasteiger partial charge in [0, 0.05) is 37.5 Å². The van der Waals surface area contributed by atoms with E-state index in [1.165, 1.54) is 24.1 Å². The van der Waals surface area contributed by atoms with Crippen molar-refractivity contribution in [2.24, 2.45) is 0 Å². The van der Waals surface area contributed by atoms with Gasteiger partial charge in [0.25, 0.3) is 10.1 Å². The zero-order valence-electron chi connectivity index (χ0n) is 20.8. The second kappa shape index (κ2) is 10.7. The highest BCUT2D eigenvalue weighted by molar-refractivity contribution is 7.85. The number of hydrogen-bond acceptors (Lipinski definition) is 8. The number of hydrogen-bond donors (Lipinski definition) is 2. The van der Waals surface area contributed by atoms with E-state index in [2.05, 4.69) is 0 Å². The summed E-state index contributed by atoms with van der Waals surface area (Å²) in [4.78, 5) is 16.3. The van der Waals surface area contributed by atoms with Gasteiger partial charge >= 0.3 is 0 Å². The van der Waals surface area contributed by atoms with Crippen LogP contribution in [0.15, 0.2) is 18.2 Å². The van der Waals surface area contributed by atoms with Crippen molar-refractivity contribution in [2.75, 3.05) is 45.9 Å². The summed E-state index contributed by atoms with van der Waals surface area (Å²) in [7, 11) is 0.302. The van der Waals surface area contributed by atoms with Crippen molar-refractivity contribution in [3.05, 3.63) is 46.3 Å². The van der Waals surface area contributed by atoms with E-state index in [1.807, 2.05) is 0 Å². The van der Waals surface area contributed by atoms with Crippen LogP contribution in [0.1, 0.15) is 40.9 Å². The summed E-state index contributed by atoms with van der Waals surface area (Å²) in [6.07, 6.45) is 0. The Bertz CT molecular complexity index is 1300. The van der Waals surface area contributed by atoms with Gasteiger partial charge in [-0.15, -0.1) is 0 Å². The molecule has 0 aliphatic carbocycles. The molecule has 2 N–H and O–H groups in total. The first-order chi connectivity index (χ1) is 16.9. The van der Waals surface area contributed by atoms with Crippen LogP contribution >= 0.6 is 0 Å². The SMILES string of the molecule is CCOc1cc2c(c(F)c1OCC)C(=N)N(CC(=O)c1cc(OC)c(CS(=O)(=O)O)c(N(C)C)c1)C2. The minimum atomic E-state index is -4.36. The number of halogens is 1. The highest BCUT2D eigenvalue weighted by Gasteiger charge is 2.33. The molecule has 0 bridgehead atoms. The number of amidine groups is 1. The van der Waals surface area contributed by atoms with Crippen LogP contribution in [0, 0.1) is 11.2 Å². The highest BCUT2D eigenvalue weighted by atomic mass is 32.2. The molecule has 1 aliphatic rings. The maximum atomic E-state index is 15.3. The Hall–Kier alpha value is -3.38. The van der Waals surface area contributed by atoms with Crippen LogP contribution in [-0.4, -0.2) is 70.5 Å². The standard InChI is InChI=1S/C24H30FN3O7S/c1-6-34-20-10-15-11-28(24(26)21(15)22(25)23(20)35-7-2)12-18(29)14-8-17(27(3)4)16(13-36(30,31)32)19(9-14)33-5/h8-10,26H,6-7,11-13H2,1-5H3,(H,30,31,32). The van der Waals surface area contributed by atoms with Crippen molar-refractivity contribution in [1.82, 2.24) is 4.90 Å². The van der Waals surface area contributed by atoms with Crippen LogP contribution in [0.3, 0.4) is 0 Å². The lowest BCUT2D eigenvalue weighted by atomic mass is 10.0. The largest absolute Gasteiger partial charge is 0.496 e. The minimum absolute atomic E-state index is 0.0600. The Morgan fingerprint density at radius 1 is 1.17 bits per heavy atom. The smallest absolute Gasteiger partial charge is 0.269 e. The average molecular weight is 524 g/mol. The first kappa shape index (κ1) is 27.2. The Morgan fingerprint density at radius 3 is 2.39 bits per heavy atom. The minimum Gasteiger partial charge on any atom is -0.496 e. The third-order valence-electron chi connectivity index (χ3n) is 5.64. The molecule has 196 valence electrons. The number of Topliss-reactive ketones (excluding diaryl/α,β-unsaturated/α-hetero) is 1. The van der Waals surface area contributed by atoms with Crippen LogP contribution in [0.4, 0.5) is 10.1 Å². The number of carbonyl (C=O) groups is 1. The van der Waals surface area contributed by atoms with Gasteiger partial charge in [0.05, 0.1) is 32.4 Å². The molecule has 0 amide bonds. The van der Waals surface area contributed by atoms with Crippen LogP contribution in [0.2, 0.25) is 0 Å². The van der Waals surface area contributed by atoms with Crippen LogP contribution < -0.4 is 19.1 Å². The Kier molecular flexibility index (Phi) is 8.09. The van der Waals surface area contributed by atoms with E-state index in [0.29, 0.717) is 17.9 Å². The van der Waals surface area contributed by atoms with E-state index in [-0.39, 0.29) is 65.3 Å². The van der Waals surface area contributed by atoms with Gasteiger partial charge < -0.3 is 24.0 Å². The fraction of sp³-hybridized carbons (Fsp3) is 0.417. The molecule has 0 atom stereocenters. The molecule has 0 unspecified atom stereocenters. The van der Waals surface area contributed by atoms with Gasteiger partial charge in [-0.2, -0.15) is 8.42 Å². The summed E-state index contributed by atoms with van der Waals surface area (Å²) in [6.45, 7) is 3.91. The molecular formula is C24H30FN3O7S. The summed E-state index contributed by atoms with van der Waals surface area (Å²) in [5.41, 5.74) is 1.36. The molecule has 12 heteroatoms. The number of carbonyl (C=O) groups excluding carboxylic acids is 1. The molecule has 2 aromatic carbocycles. The lowest BCUT2D eigenvalue weighted by Gasteiger charge is -2.22. The van der Waals surface area contributed by atoms with Gasteiger partial charge in [-0.25, -0.2) is 4.39 Å². The van der Waals surface area contributed by atoms with Crippen molar-refractivity contribution < 1.29 is 36.4 Å². The molecule has 2 aromatic rings. The lowest BCUT2D eigenvalue weighted by molar-refractivity contribution is 0.0962. The van der Waals surface area contributed by atoms with E-state index in [9.17, 15) is 17.8 Å². The normalized spacial score (nSPS) is 13.0. The number of methoxy groups -OCH3 is 1. The maximum absolute atomic E-state index is 15.3. The van der Waals surface area contributed by atoms with E-state index in [4.69, 9.17) is 19.6 Å². The number of ketones is 1. The highest BCUT2D eigenvalue weighted by Crippen LogP contribution is 2.39. The summed E-state index contributed by atoms with van der Waals surface area (Å²) in [5.74, 6) is -1.63. The Balaban J connectivity index is 1.94. The monoisotopic (exact) mass is 523 g/mol. The lowest BCUT2D eigenvalue weighted by Crippen LogP contribution is -2.30. The molecular weight excluding hydrogens is 493 g/mol. The van der Waals surface area contributed by atoms with E-state index in [0.717, 1.165) is 0 Å². The molecule has 3 rings (SSSR count). The Labute approximate surface area is 209 Å². The topological polar surface area (TPSA) is 129 Å². The van der Waals surface area contributed by atoms with E-state index in [1.54, 1.807) is 38.9 Å². The summed E-state index contributed by atoms with van der Waals surface area (Å²) in [6, 6.07) is 4.52. The van der Waals surface area contributed by atoms with Crippen molar-refractivity contribution in [2.45, 2.75) is 26.1 Å². The quantitative estimate of drug-likeness (QED) is 0.337. The third-order valence-corrected chi connectivity index (χ3v) is 6.30. The third kappa shape index (κ3) is 5.54. The van der Waals surface area contributed by atoms with Gasteiger partial charge in [0.15, 0.2) is 23.1 Å². The second-order valence-corrected chi connectivity index (χ2v) is 9.80. The predicted octanol–water partition coefficient (Wildman–Crippen LogP) is 3.11. The molecule has 36 heavy (non-hydrogen) atoms. The van der Waals surface area contributed by atoms with E-state index < -0.39 is 21.7 Å². The van der Waals surface area contributed by atoms with Gasteiger partial charge in [-0.1, -0.05) is 0 Å². The molecule has 0 spiro atoms. The summed E-state index contributed by atoms with van der Waals surface area (Å²) < 4.78 is 64.0. The fourth-order valence-electron chi connectivity index (χ4n) is 4.12. The summed E-state index contributed by atoms with van der Waals surface area (Å²) in [5, 5.41) is 8.52. The number of nitrogens with one attached hydrogen (secondary N) is 1.